The van der Waals surface area contributed by atoms with Gasteiger partial charge in [0.05, 0.1) is 0 Å². The highest BCUT2D eigenvalue weighted by Crippen LogP contribution is 2.18. The summed E-state index contributed by atoms with van der Waals surface area (Å²) in [4.78, 5) is 16.2. The summed E-state index contributed by atoms with van der Waals surface area (Å²) in [6.07, 6.45) is 1.92. The van der Waals surface area contributed by atoms with Crippen LogP contribution in [-0.2, 0) is 11.3 Å². The molecule has 0 saturated heterocycles. The molecule has 2 heterocycles. The highest BCUT2D eigenvalue weighted by Gasteiger charge is 2.11. The van der Waals surface area contributed by atoms with Crippen molar-refractivity contribution >= 4 is 23.9 Å². The standard InChI is InChI=1S/C17H17N5OS/c1-12-5-7-13(8-6-12)16-20-21-17(24)22(16)11-9-15(23)19-14-4-2-3-10-18-14/h2-8,10H,9,11H2,1H3,(H,21,24)(H,18,19,23). The van der Waals surface area contributed by atoms with E-state index in [9.17, 15) is 4.79 Å². The number of amides is 1. The van der Waals surface area contributed by atoms with E-state index in [4.69, 9.17) is 12.2 Å². The Hall–Kier alpha value is -2.80. The van der Waals surface area contributed by atoms with Gasteiger partial charge in [-0.2, -0.15) is 5.10 Å². The van der Waals surface area contributed by atoms with Crippen LogP contribution < -0.4 is 5.32 Å². The van der Waals surface area contributed by atoms with Crippen LogP contribution in [0.5, 0.6) is 0 Å². The number of aromatic amines is 1. The maximum Gasteiger partial charge on any atom is 0.227 e. The van der Waals surface area contributed by atoms with Crippen molar-refractivity contribution in [1.82, 2.24) is 19.7 Å². The average Bonchev–Trinajstić information content (AvgIpc) is 2.95. The minimum atomic E-state index is -0.119. The Kier molecular flexibility index (Phi) is 4.81. The molecule has 1 aromatic carbocycles. The molecule has 1 amide bonds. The lowest BCUT2D eigenvalue weighted by Crippen LogP contribution is -2.15. The maximum atomic E-state index is 12.1. The summed E-state index contributed by atoms with van der Waals surface area (Å²) in [5.41, 5.74) is 2.13. The smallest absolute Gasteiger partial charge is 0.227 e. The number of hydrogen-bond donors (Lipinski definition) is 2. The average molecular weight is 339 g/mol. The molecule has 0 unspecified atom stereocenters. The van der Waals surface area contributed by atoms with Gasteiger partial charge in [-0.05, 0) is 31.3 Å². The van der Waals surface area contributed by atoms with Gasteiger partial charge < -0.3 is 5.32 Å². The zero-order chi connectivity index (χ0) is 16.9. The second-order valence-electron chi connectivity index (χ2n) is 5.38. The molecule has 122 valence electrons. The molecule has 2 aromatic heterocycles. The van der Waals surface area contributed by atoms with Gasteiger partial charge in [-0.15, -0.1) is 0 Å². The molecule has 0 saturated carbocycles. The normalized spacial score (nSPS) is 10.5. The molecule has 3 aromatic rings. The summed E-state index contributed by atoms with van der Waals surface area (Å²) >= 11 is 5.28. The molecule has 0 aliphatic rings. The summed E-state index contributed by atoms with van der Waals surface area (Å²) in [6, 6.07) is 13.4. The van der Waals surface area contributed by atoms with Crippen LogP contribution >= 0.6 is 12.2 Å². The molecule has 7 heteroatoms. The van der Waals surface area contributed by atoms with E-state index >= 15 is 0 Å². The molecule has 0 aliphatic carbocycles. The third-order valence-corrected chi connectivity index (χ3v) is 3.87. The van der Waals surface area contributed by atoms with Crippen LogP contribution in [0.3, 0.4) is 0 Å². The van der Waals surface area contributed by atoms with Crippen LogP contribution in [0.2, 0.25) is 0 Å². The van der Waals surface area contributed by atoms with Gasteiger partial charge >= 0.3 is 0 Å². The lowest BCUT2D eigenvalue weighted by Gasteiger charge is -2.08. The summed E-state index contributed by atoms with van der Waals surface area (Å²) in [5.74, 6) is 1.15. The Bertz CT molecular complexity index is 883. The minimum absolute atomic E-state index is 0.119. The summed E-state index contributed by atoms with van der Waals surface area (Å²) in [5, 5.41) is 9.84. The Morgan fingerprint density at radius 2 is 2.04 bits per heavy atom. The summed E-state index contributed by atoms with van der Waals surface area (Å²) < 4.78 is 2.33. The van der Waals surface area contributed by atoms with Gasteiger partial charge in [0.15, 0.2) is 10.6 Å². The highest BCUT2D eigenvalue weighted by atomic mass is 32.1. The van der Waals surface area contributed by atoms with E-state index in [1.807, 2.05) is 41.8 Å². The number of hydrogen-bond acceptors (Lipinski definition) is 4. The molecule has 3 rings (SSSR count). The van der Waals surface area contributed by atoms with Gasteiger partial charge in [0.1, 0.15) is 5.82 Å². The van der Waals surface area contributed by atoms with E-state index in [0.29, 0.717) is 17.1 Å². The monoisotopic (exact) mass is 339 g/mol. The Morgan fingerprint density at radius 3 is 2.75 bits per heavy atom. The first-order chi connectivity index (χ1) is 11.6. The van der Waals surface area contributed by atoms with Crippen LogP contribution in [0, 0.1) is 11.7 Å². The molecule has 0 aliphatic heterocycles. The van der Waals surface area contributed by atoms with Crippen molar-refractivity contribution in [2.24, 2.45) is 0 Å². The van der Waals surface area contributed by atoms with Crippen LogP contribution in [0.1, 0.15) is 12.0 Å². The molecule has 2 N–H and O–H groups in total. The number of nitrogens with zero attached hydrogens (tertiary/aromatic N) is 3. The number of rotatable bonds is 5. The van der Waals surface area contributed by atoms with E-state index in [-0.39, 0.29) is 12.3 Å². The Balaban J connectivity index is 1.71. The number of aromatic nitrogens is 4. The van der Waals surface area contributed by atoms with Crippen molar-refractivity contribution in [3.8, 4) is 11.4 Å². The molecule has 0 radical (unpaired) electrons. The first-order valence-corrected chi connectivity index (χ1v) is 7.97. The number of pyridine rings is 1. The van der Waals surface area contributed by atoms with E-state index in [0.717, 1.165) is 11.4 Å². The maximum absolute atomic E-state index is 12.1. The van der Waals surface area contributed by atoms with Crippen LogP contribution in [0.4, 0.5) is 5.82 Å². The van der Waals surface area contributed by atoms with Crippen LogP contribution in [-0.4, -0.2) is 25.7 Å². The third kappa shape index (κ3) is 3.75. The van der Waals surface area contributed by atoms with E-state index in [2.05, 4.69) is 20.5 Å². The van der Waals surface area contributed by atoms with Crippen molar-refractivity contribution in [3.63, 3.8) is 0 Å². The number of carbonyl (C=O) groups excluding carboxylic acids is 1. The lowest BCUT2D eigenvalue weighted by molar-refractivity contribution is -0.116. The minimum Gasteiger partial charge on any atom is -0.311 e. The second kappa shape index (κ2) is 7.18. The fraction of sp³-hybridized carbons (Fsp3) is 0.176. The van der Waals surface area contributed by atoms with Gasteiger partial charge in [0, 0.05) is 24.7 Å². The second-order valence-corrected chi connectivity index (χ2v) is 5.77. The van der Waals surface area contributed by atoms with Crippen molar-refractivity contribution < 1.29 is 4.79 Å². The van der Waals surface area contributed by atoms with Gasteiger partial charge in [-0.25, -0.2) is 4.98 Å². The summed E-state index contributed by atoms with van der Waals surface area (Å²) in [7, 11) is 0. The number of benzene rings is 1. The molecular formula is C17H17N5OS. The van der Waals surface area contributed by atoms with Crippen molar-refractivity contribution in [3.05, 3.63) is 59.0 Å². The third-order valence-electron chi connectivity index (χ3n) is 3.56. The number of carbonyl (C=O) groups is 1. The van der Waals surface area contributed by atoms with Crippen LogP contribution in [0.15, 0.2) is 48.7 Å². The van der Waals surface area contributed by atoms with E-state index < -0.39 is 0 Å². The summed E-state index contributed by atoms with van der Waals surface area (Å²) in [6.45, 7) is 2.47. The van der Waals surface area contributed by atoms with Crippen LogP contribution in [0.25, 0.3) is 11.4 Å². The SMILES string of the molecule is Cc1ccc(-c2n[nH]c(=S)n2CCC(=O)Nc2ccccn2)cc1. The predicted molar refractivity (Wildman–Crippen MR) is 95.1 cm³/mol. The largest absolute Gasteiger partial charge is 0.311 e. The highest BCUT2D eigenvalue weighted by molar-refractivity contribution is 7.71. The first kappa shape index (κ1) is 16.1. The van der Waals surface area contributed by atoms with Crippen molar-refractivity contribution in [1.29, 1.82) is 0 Å². The molecule has 24 heavy (non-hydrogen) atoms. The number of H-pyrrole nitrogens is 1. The first-order valence-electron chi connectivity index (χ1n) is 7.56. The molecular weight excluding hydrogens is 322 g/mol. The zero-order valence-corrected chi connectivity index (χ0v) is 14.0. The predicted octanol–water partition coefficient (Wildman–Crippen LogP) is 3.34. The molecule has 0 atom stereocenters. The quantitative estimate of drug-likeness (QED) is 0.699. The van der Waals surface area contributed by atoms with Gasteiger partial charge in [-0.1, -0.05) is 35.9 Å². The van der Waals surface area contributed by atoms with Gasteiger partial charge in [0.2, 0.25) is 5.91 Å². The van der Waals surface area contributed by atoms with Crippen molar-refractivity contribution in [2.75, 3.05) is 5.32 Å². The number of aryl methyl sites for hydroxylation is 1. The van der Waals surface area contributed by atoms with E-state index in [1.165, 1.54) is 5.56 Å². The van der Waals surface area contributed by atoms with Gasteiger partial charge in [-0.3, -0.25) is 14.5 Å². The Labute approximate surface area is 144 Å². The number of anilines is 1. The lowest BCUT2D eigenvalue weighted by atomic mass is 10.1. The van der Waals surface area contributed by atoms with Crippen molar-refractivity contribution in [2.45, 2.75) is 19.9 Å². The Morgan fingerprint density at radius 1 is 1.25 bits per heavy atom. The fourth-order valence-corrected chi connectivity index (χ4v) is 2.53. The van der Waals surface area contributed by atoms with Gasteiger partial charge in [0.25, 0.3) is 0 Å². The molecule has 0 bridgehead atoms. The molecule has 0 spiro atoms. The molecule has 0 fully saturated rings. The number of nitrogens with one attached hydrogen (secondary N) is 2. The topological polar surface area (TPSA) is 75.6 Å². The zero-order valence-electron chi connectivity index (χ0n) is 13.2. The van der Waals surface area contributed by atoms with E-state index in [1.54, 1.807) is 18.3 Å². The molecule has 6 nitrogen and oxygen atoms in total. The fourth-order valence-electron chi connectivity index (χ4n) is 2.30.